The maximum atomic E-state index is 12.5. The van der Waals surface area contributed by atoms with E-state index in [1.54, 1.807) is 41.4 Å². The maximum absolute atomic E-state index is 12.5. The Balaban J connectivity index is 1.64. The summed E-state index contributed by atoms with van der Waals surface area (Å²) in [7, 11) is 0. The maximum Gasteiger partial charge on any atom is 0.254 e. The van der Waals surface area contributed by atoms with Gasteiger partial charge in [0.25, 0.3) is 5.91 Å². The van der Waals surface area contributed by atoms with Crippen molar-refractivity contribution in [1.82, 2.24) is 9.88 Å². The molecule has 0 radical (unpaired) electrons. The van der Waals surface area contributed by atoms with Crippen LogP contribution >= 0.6 is 0 Å². The van der Waals surface area contributed by atoms with Crippen molar-refractivity contribution in [1.29, 1.82) is 5.26 Å². The first-order valence-electron chi connectivity index (χ1n) is 7.13. The van der Waals surface area contributed by atoms with Crippen LogP contribution in [0.25, 0.3) is 0 Å². The van der Waals surface area contributed by atoms with Crippen molar-refractivity contribution < 1.29 is 9.53 Å². The molecule has 1 amide bonds. The number of likely N-dealkylation sites (tertiary alicyclic amines) is 1. The van der Waals surface area contributed by atoms with E-state index in [9.17, 15) is 4.79 Å². The number of hydrogen-bond donors (Lipinski definition) is 0. The molecular formula is C17H15N3O2. The molecule has 0 aliphatic carbocycles. The van der Waals surface area contributed by atoms with Crippen molar-refractivity contribution in [2.24, 2.45) is 0 Å². The Morgan fingerprint density at radius 3 is 3.00 bits per heavy atom. The lowest BCUT2D eigenvalue weighted by atomic mass is 10.1. The number of amides is 1. The second-order valence-corrected chi connectivity index (χ2v) is 5.14. The molecule has 110 valence electrons. The Bertz CT molecular complexity index is 709. The number of carbonyl (C=O) groups excluding carboxylic acids is 1. The SMILES string of the molecule is N#Cc1cccc(C(=O)N2CC[C@@H](Oc3ccccn3)C2)c1. The quantitative estimate of drug-likeness (QED) is 0.870. The monoisotopic (exact) mass is 293 g/mol. The third-order valence-corrected chi connectivity index (χ3v) is 3.60. The standard InChI is InChI=1S/C17H15N3O2/c18-11-13-4-3-5-14(10-13)17(21)20-9-7-15(12-20)22-16-6-1-2-8-19-16/h1-6,8,10,15H,7,9,12H2/t15-/m1/s1. The average molecular weight is 293 g/mol. The minimum atomic E-state index is -0.0655. The van der Waals surface area contributed by atoms with Gasteiger partial charge >= 0.3 is 0 Å². The zero-order valence-corrected chi connectivity index (χ0v) is 12.0. The van der Waals surface area contributed by atoms with Gasteiger partial charge in [0.1, 0.15) is 6.10 Å². The molecular weight excluding hydrogens is 278 g/mol. The van der Waals surface area contributed by atoms with E-state index in [1.165, 1.54) is 0 Å². The number of ether oxygens (including phenoxy) is 1. The molecule has 0 spiro atoms. The molecule has 0 saturated carbocycles. The molecule has 3 rings (SSSR count). The molecule has 0 N–H and O–H groups in total. The molecule has 5 heteroatoms. The highest BCUT2D eigenvalue weighted by molar-refractivity contribution is 5.94. The number of rotatable bonds is 3. The van der Waals surface area contributed by atoms with Crippen molar-refractivity contribution in [2.45, 2.75) is 12.5 Å². The highest BCUT2D eigenvalue weighted by Gasteiger charge is 2.28. The molecule has 0 bridgehead atoms. The van der Waals surface area contributed by atoms with Crippen molar-refractivity contribution in [3.8, 4) is 11.9 Å². The lowest BCUT2D eigenvalue weighted by Crippen LogP contribution is -2.31. The number of carbonyl (C=O) groups is 1. The molecule has 22 heavy (non-hydrogen) atoms. The van der Waals surface area contributed by atoms with E-state index in [1.807, 2.05) is 12.1 Å². The van der Waals surface area contributed by atoms with Crippen molar-refractivity contribution in [2.75, 3.05) is 13.1 Å². The fraction of sp³-hybridized carbons (Fsp3) is 0.235. The first-order valence-corrected chi connectivity index (χ1v) is 7.13. The number of benzene rings is 1. The van der Waals surface area contributed by atoms with Gasteiger partial charge in [0.2, 0.25) is 5.88 Å². The summed E-state index contributed by atoms with van der Waals surface area (Å²) in [5.41, 5.74) is 1.03. The lowest BCUT2D eigenvalue weighted by molar-refractivity contribution is 0.0771. The van der Waals surface area contributed by atoms with Gasteiger partial charge in [-0.05, 0) is 24.3 Å². The van der Waals surface area contributed by atoms with Gasteiger partial charge in [-0.25, -0.2) is 4.98 Å². The van der Waals surface area contributed by atoms with Gasteiger partial charge in [-0.15, -0.1) is 0 Å². The van der Waals surface area contributed by atoms with Crippen LogP contribution in [0.3, 0.4) is 0 Å². The topological polar surface area (TPSA) is 66.2 Å². The molecule has 2 heterocycles. The molecule has 0 unspecified atom stereocenters. The molecule has 1 saturated heterocycles. The van der Waals surface area contributed by atoms with Crippen molar-refractivity contribution in [3.05, 3.63) is 59.8 Å². The molecule has 2 aromatic rings. The average Bonchev–Trinajstić information content (AvgIpc) is 3.03. The minimum Gasteiger partial charge on any atom is -0.472 e. The summed E-state index contributed by atoms with van der Waals surface area (Å²) in [4.78, 5) is 18.3. The lowest BCUT2D eigenvalue weighted by Gasteiger charge is -2.17. The molecule has 1 fully saturated rings. The highest BCUT2D eigenvalue weighted by atomic mass is 16.5. The van der Waals surface area contributed by atoms with Crippen LogP contribution in [0, 0.1) is 11.3 Å². The summed E-state index contributed by atoms with van der Waals surface area (Å²) < 4.78 is 5.78. The first kappa shape index (κ1) is 14.1. The van der Waals surface area contributed by atoms with Gasteiger partial charge in [0, 0.05) is 30.8 Å². The molecule has 1 aromatic heterocycles. The van der Waals surface area contributed by atoms with E-state index in [0.717, 1.165) is 6.42 Å². The van der Waals surface area contributed by atoms with Gasteiger partial charge in [0.05, 0.1) is 18.2 Å². The van der Waals surface area contributed by atoms with E-state index in [2.05, 4.69) is 11.1 Å². The number of nitriles is 1. The van der Waals surface area contributed by atoms with Crippen LogP contribution in [0.2, 0.25) is 0 Å². The summed E-state index contributed by atoms with van der Waals surface area (Å²) in [5.74, 6) is 0.512. The van der Waals surface area contributed by atoms with Crippen molar-refractivity contribution >= 4 is 5.91 Å². The smallest absolute Gasteiger partial charge is 0.254 e. The Kier molecular flexibility index (Phi) is 4.01. The van der Waals surface area contributed by atoms with Gasteiger partial charge in [-0.1, -0.05) is 12.1 Å². The second-order valence-electron chi connectivity index (χ2n) is 5.14. The predicted molar refractivity (Wildman–Crippen MR) is 80.3 cm³/mol. The van der Waals surface area contributed by atoms with Crippen LogP contribution in [0.5, 0.6) is 5.88 Å². The van der Waals surface area contributed by atoms with Crippen LogP contribution < -0.4 is 4.74 Å². The van der Waals surface area contributed by atoms with E-state index in [-0.39, 0.29) is 12.0 Å². The molecule has 1 aromatic carbocycles. The predicted octanol–water partition coefficient (Wildman–Crippen LogP) is 2.25. The van der Waals surface area contributed by atoms with Crippen LogP contribution in [0.4, 0.5) is 0 Å². The molecule has 1 atom stereocenters. The van der Waals surface area contributed by atoms with Gasteiger partial charge in [0.15, 0.2) is 0 Å². The van der Waals surface area contributed by atoms with Crippen LogP contribution in [-0.4, -0.2) is 35.0 Å². The van der Waals surface area contributed by atoms with Crippen LogP contribution in [-0.2, 0) is 0 Å². The zero-order valence-electron chi connectivity index (χ0n) is 12.0. The Morgan fingerprint density at radius 2 is 2.23 bits per heavy atom. The summed E-state index contributed by atoms with van der Waals surface area (Å²) in [5, 5.41) is 8.91. The van der Waals surface area contributed by atoms with Gasteiger partial charge < -0.3 is 9.64 Å². The molecule has 5 nitrogen and oxygen atoms in total. The van der Waals surface area contributed by atoms with Crippen molar-refractivity contribution in [3.63, 3.8) is 0 Å². The summed E-state index contributed by atoms with van der Waals surface area (Å²) in [6.07, 6.45) is 2.42. The third-order valence-electron chi connectivity index (χ3n) is 3.60. The second kappa shape index (κ2) is 6.27. The Labute approximate surface area is 128 Å². The number of pyridine rings is 1. The number of nitrogens with zero attached hydrogens (tertiary/aromatic N) is 3. The first-order chi connectivity index (χ1) is 10.8. The largest absolute Gasteiger partial charge is 0.472 e. The zero-order chi connectivity index (χ0) is 15.4. The van der Waals surface area contributed by atoms with Crippen LogP contribution in [0.15, 0.2) is 48.7 Å². The fourth-order valence-corrected chi connectivity index (χ4v) is 2.50. The van der Waals surface area contributed by atoms with Gasteiger partial charge in [-0.3, -0.25) is 4.79 Å². The van der Waals surface area contributed by atoms with Gasteiger partial charge in [-0.2, -0.15) is 5.26 Å². The summed E-state index contributed by atoms with van der Waals surface area (Å²) >= 11 is 0. The van der Waals surface area contributed by atoms with Crippen LogP contribution in [0.1, 0.15) is 22.3 Å². The minimum absolute atomic E-state index is 0.0435. The Morgan fingerprint density at radius 1 is 1.32 bits per heavy atom. The number of hydrogen-bond acceptors (Lipinski definition) is 4. The summed E-state index contributed by atoms with van der Waals surface area (Å²) in [6, 6.07) is 14.3. The third kappa shape index (κ3) is 3.07. The summed E-state index contributed by atoms with van der Waals surface area (Å²) in [6.45, 7) is 1.18. The molecule has 1 aliphatic rings. The highest BCUT2D eigenvalue weighted by Crippen LogP contribution is 2.18. The van der Waals surface area contributed by atoms with E-state index in [4.69, 9.17) is 10.00 Å². The van der Waals surface area contributed by atoms with E-state index in [0.29, 0.717) is 30.1 Å². The number of aromatic nitrogens is 1. The fourth-order valence-electron chi connectivity index (χ4n) is 2.50. The van der Waals surface area contributed by atoms with E-state index >= 15 is 0 Å². The molecule has 1 aliphatic heterocycles. The normalized spacial score (nSPS) is 17.0. The van der Waals surface area contributed by atoms with E-state index < -0.39 is 0 Å². The Hall–Kier alpha value is -2.87.